The van der Waals surface area contributed by atoms with E-state index < -0.39 is 11.8 Å². The standard InChI is InChI=1S/C26H24N4O4/c1-2-33-21-13-15-22(16-14-21)34-18-24(31)27-28-26(32)23-17-30(20-11-7-4-8-12-20)29-25(23)19-9-5-3-6-10-19/h3-17H,2,18H2,1H3,(H,27,31)(H,28,32). The second kappa shape index (κ2) is 10.8. The molecule has 1 heterocycles. The van der Waals surface area contributed by atoms with Crippen molar-refractivity contribution < 1.29 is 19.1 Å². The number of nitrogens with one attached hydrogen (secondary N) is 2. The van der Waals surface area contributed by atoms with Gasteiger partial charge < -0.3 is 9.47 Å². The number of nitrogens with zero attached hydrogens (tertiary/aromatic N) is 2. The minimum atomic E-state index is -0.501. The van der Waals surface area contributed by atoms with E-state index in [4.69, 9.17) is 9.47 Å². The molecule has 1 aromatic heterocycles. The summed E-state index contributed by atoms with van der Waals surface area (Å²) in [4.78, 5) is 25.1. The van der Waals surface area contributed by atoms with Crippen LogP contribution < -0.4 is 20.3 Å². The lowest BCUT2D eigenvalue weighted by atomic mass is 10.1. The molecule has 3 aromatic carbocycles. The summed E-state index contributed by atoms with van der Waals surface area (Å²) >= 11 is 0. The molecule has 0 spiro atoms. The van der Waals surface area contributed by atoms with E-state index in [1.807, 2.05) is 67.6 Å². The molecule has 8 nitrogen and oxygen atoms in total. The summed E-state index contributed by atoms with van der Waals surface area (Å²) in [5.41, 5.74) is 7.25. The van der Waals surface area contributed by atoms with E-state index in [9.17, 15) is 9.59 Å². The number of aromatic nitrogens is 2. The van der Waals surface area contributed by atoms with Crippen LogP contribution in [0.3, 0.4) is 0 Å². The highest BCUT2D eigenvalue weighted by Crippen LogP contribution is 2.23. The summed E-state index contributed by atoms with van der Waals surface area (Å²) < 4.78 is 12.5. The monoisotopic (exact) mass is 456 g/mol. The first-order chi connectivity index (χ1) is 16.6. The van der Waals surface area contributed by atoms with Gasteiger partial charge in [-0.05, 0) is 43.3 Å². The van der Waals surface area contributed by atoms with E-state index in [0.29, 0.717) is 23.6 Å². The number of hydrazine groups is 1. The van der Waals surface area contributed by atoms with Crippen molar-refractivity contribution in [2.45, 2.75) is 6.92 Å². The molecule has 2 amide bonds. The van der Waals surface area contributed by atoms with Gasteiger partial charge in [-0.25, -0.2) is 4.68 Å². The summed E-state index contributed by atoms with van der Waals surface area (Å²) in [7, 11) is 0. The summed E-state index contributed by atoms with van der Waals surface area (Å²) in [6.45, 7) is 2.21. The van der Waals surface area contributed by atoms with Crippen LogP contribution in [0, 0.1) is 0 Å². The number of carbonyl (C=O) groups is 2. The molecule has 4 aromatic rings. The molecule has 8 heteroatoms. The van der Waals surface area contributed by atoms with Crippen LogP contribution in [0.2, 0.25) is 0 Å². The van der Waals surface area contributed by atoms with Gasteiger partial charge in [0.2, 0.25) is 0 Å². The predicted molar refractivity (Wildman–Crippen MR) is 128 cm³/mol. The summed E-state index contributed by atoms with van der Waals surface area (Å²) in [6, 6.07) is 25.8. The van der Waals surface area contributed by atoms with Crippen LogP contribution in [0.25, 0.3) is 16.9 Å². The number of para-hydroxylation sites is 1. The van der Waals surface area contributed by atoms with Crippen LogP contribution >= 0.6 is 0 Å². The molecule has 2 N–H and O–H groups in total. The van der Waals surface area contributed by atoms with Crippen LogP contribution in [-0.4, -0.2) is 34.8 Å². The van der Waals surface area contributed by atoms with Crippen LogP contribution in [0.1, 0.15) is 17.3 Å². The van der Waals surface area contributed by atoms with Gasteiger partial charge in [0, 0.05) is 11.8 Å². The Morgan fingerprint density at radius 3 is 2.09 bits per heavy atom. The van der Waals surface area contributed by atoms with Crippen molar-refractivity contribution in [1.29, 1.82) is 0 Å². The smallest absolute Gasteiger partial charge is 0.276 e. The lowest BCUT2D eigenvalue weighted by Gasteiger charge is -2.09. The number of ether oxygens (including phenoxy) is 2. The zero-order valence-corrected chi connectivity index (χ0v) is 18.6. The van der Waals surface area contributed by atoms with Crippen molar-refractivity contribution in [2.75, 3.05) is 13.2 Å². The van der Waals surface area contributed by atoms with Crippen molar-refractivity contribution in [1.82, 2.24) is 20.6 Å². The molecule has 0 saturated carbocycles. The Hall–Kier alpha value is -4.59. The Morgan fingerprint density at radius 2 is 1.44 bits per heavy atom. The van der Waals surface area contributed by atoms with E-state index in [-0.39, 0.29) is 6.61 Å². The fraction of sp³-hybridized carbons (Fsp3) is 0.115. The maximum absolute atomic E-state index is 12.9. The highest BCUT2D eigenvalue weighted by molar-refractivity contribution is 6.00. The van der Waals surface area contributed by atoms with Gasteiger partial charge >= 0.3 is 0 Å². The van der Waals surface area contributed by atoms with Crippen molar-refractivity contribution in [3.63, 3.8) is 0 Å². The number of carbonyl (C=O) groups excluding carboxylic acids is 2. The Labute approximate surface area is 197 Å². The topological polar surface area (TPSA) is 94.5 Å². The average molecular weight is 457 g/mol. The van der Waals surface area contributed by atoms with Crippen molar-refractivity contribution in [3.8, 4) is 28.4 Å². The van der Waals surface area contributed by atoms with E-state index in [2.05, 4.69) is 16.0 Å². The van der Waals surface area contributed by atoms with Gasteiger partial charge in [-0.3, -0.25) is 20.4 Å². The van der Waals surface area contributed by atoms with Crippen molar-refractivity contribution in [2.24, 2.45) is 0 Å². The number of hydrogen-bond acceptors (Lipinski definition) is 5. The number of amides is 2. The van der Waals surface area contributed by atoms with Crippen LogP contribution in [0.15, 0.2) is 91.1 Å². The van der Waals surface area contributed by atoms with Crippen LogP contribution in [0.5, 0.6) is 11.5 Å². The van der Waals surface area contributed by atoms with Gasteiger partial charge in [-0.1, -0.05) is 48.5 Å². The van der Waals surface area contributed by atoms with E-state index in [0.717, 1.165) is 17.0 Å². The third kappa shape index (κ3) is 5.60. The normalized spacial score (nSPS) is 10.4. The first-order valence-corrected chi connectivity index (χ1v) is 10.8. The van der Waals surface area contributed by atoms with Crippen molar-refractivity contribution in [3.05, 3.63) is 96.7 Å². The molecule has 0 bridgehead atoms. The third-order valence-corrected chi connectivity index (χ3v) is 4.85. The first-order valence-electron chi connectivity index (χ1n) is 10.8. The Morgan fingerprint density at radius 1 is 0.824 bits per heavy atom. The quantitative estimate of drug-likeness (QED) is 0.394. The second-order valence-corrected chi connectivity index (χ2v) is 7.23. The van der Waals surface area contributed by atoms with Gasteiger partial charge in [-0.15, -0.1) is 0 Å². The second-order valence-electron chi connectivity index (χ2n) is 7.23. The highest BCUT2D eigenvalue weighted by Gasteiger charge is 2.19. The molecule has 4 rings (SSSR count). The summed E-state index contributed by atoms with van der Waals surface area (Å²) in [6.07, 6.45) is 1.63. The number of benzene rings is 3. The summed E-state index contributed by atoms with van der Waals surface area (Å²) in [5, 5.41) is 4.60. The van der Waals surface area contributed by atoms with Gasteiger partial charge in [0.25, 0.3) is 11.8 Å². The first kappa shape index (κ1) is 22.6. The van der Waals surface area contributed by atoms with Crippen LogP contribution in [0.4, 0.5) is 0 Å². The van der Waals surface area contributed by atoms with E-state index in [1.165, 1.54) is 0 Å². The zero-order chi connectivity index (χ0) is 23.8. The van der Waals surface area contributed by atoms with Gasteiger partial charge in [-0.2, -0.15) is 5.10 Å². The fourth-order valence-electron chi connectivity index (χ4n) is 3.24. The number of hydrogen-bond donors (Lipinski definition) is 2. The summed E-state index contributed by atoms with van der Waals surface area (Å²) in [5.74, 6) is 0.242. The van der Waals surface area contributed by atoms with Gasteiger partial charge in [0.05, 0.1) is 17.9 Å². The molecule has 0 aliphatic heterocycles. The molecular weight excluding hydrogens is 432 g/mol. The molecule has 172 valence electrons. The largest absolute Gasteiger partial charge is 0.494 e. The molecule has 0 fully saturated rings. The minimum absolute atomic E-state index is 0.261. The fourth-order valence-corrected chi connectivity index (χ4v) is 3.24. The van der Waals surface area contributed by atoms with E-state index >= 15 is 0 Å². The van der Waals surface area contributed by atoms with Crippen molar-refractivity contribution >= 4 is 11.8 Å². The third-order valence-electron chi connectivity index (χ3n) is 4.85. The number of rotatable bonds is 8. The maximum Gasteiger partial charge on any atom is 0.276 e. The molecule has 0 aliphatic rings. The lowest BCUT2D eigenvalue weighted by Crippen LogP contribution is -2.43. The van der Waals surface area contributed by atoms with Gasteiger partial charge in [0.15, 0.2) is 6.61 Å². The van der Waals surface area contributed by atoms with Gasteiger partial charge in [0.1, 0.15) is 17.2 Å². The zero-order valence-electron chi connectivity index (χ0n) is 18.6. The molecule has 0 aliphatic carbocycles. The molecule has 0 unspecified atom stereocenters. The van der Waals surface area contributed by atoms with Crippen LogP contribution in [-0.2, 0) is 4.79 Å². The molecule has 0 saturated heterocycles. The molecule has 34 heavy (non-hydrogen) atoms. The Kier molecular flexibility index (Phi) is 7.19. The molecular formula is C26H24N4O4. The highest BCUT2D eigenvalue weighted by atomic mass is 16.5. The Bertz CT molecular complexity index is 1240. The predicted octanol–water partition coefficient (Wildman–Crippen LogP) is 3.78. The lowest BCUT2D eigenvalue weighted by molar-refractivity contribution is -0.123. The maximum atomic E-state index is 12.9. The molecule has 0 radical (unpaired) electrons. The molecule has 0 atom stereocenters. The Balaban J connectivity index is 1.42. The van der Waals surface area contributed by atoms with E-state index in [1.54, 1.807) is 35.1 Å². The minimum Gasteiger partial charge on any atom is -0.494 e. The SMILES string of the molecule is CCOc1ccc(OCC(=O)NNC(=O)c2cn(-c3ccccc3)nc2-c2ccccc2)cc1. The average Bonchev–Trinajstić information content (AvgIpc) is 3.34.